The number of hydrogen-bond acceptors (Lipinski definition) is 1. The molecule has 0 bridgehead atoms. The smallest absolute Gasteiger partial charge is 0.176 e. The summed E-state index contributed by atoms with van der Waals surface area (Å²) in [5, 5.41) is 8.90. The molecule has 41 heavy (non-hydrogen) atoms. The highest BCUT2D eigenvalue weighted by molar-refractivity contribution is 5.41. The predicted molar refractivity (Wildman–Crippen MR) is 141 cm³/mol. The van der Waals surface area contributed by atoms with E-state index in [2.05, 4.69) is 0 Å². The molecule has 0 aromatic heterocycles. The molecule has 1 unspecified atom stereocenters. The van der Waals surface area contributed by atoms with Crippen LogP contribution < -0.4 is 0 Å². The monoisotopic (exact) mass is 573 g/mol. The number of nitrogens with zero attached hydrogens (tertiary/aromatic N) is 1. The van der Waals surface area contributed by atoms with Crippen molar-refractivity contribution in [3.63, 3.8) is 0 Å². The molecule has 0 radical (unpaired) electrons. The third kappa shape index (κ3) is 5.36. The summed E-state index contributed by atoms with van der Waals surface area (Å²) in [6, 6.07) is 7.32. The van der Waals surface area contributed by atoms with E-state index in [4.69, 9.17) is 5.26 Å². The van der Waals surface area contributed by atoms with Gasteiger partial charge in [0.2, 0.25) is 0 Å². The van der Waals surface area contributed by atoms with Crippen LogP contribution in [0.2, 0.25) is 0 Å². The van der Waals surface area contributed by atoms with Gasteiger partial charge in [0.25, 0.3) is 0 Å². The van der Waals surface area contributed by atoms with Crippen molar-refractivity contribution in [1.29, 1.82) is 5.26 Å². The molecule has 8 heteroatoms. The lowest BCUT2D eigenvalue weighted by molar-refractivity contribution is 0.348. The maximum absolute atomic E-state index is 15.7. The average molecular weight is 574 g/mol. The fraction of sp³-hybridized carbons (Fsp3) is 0.424. The van der Waals surface area contributed by atoms with Gasteiger partial charge in [-0.05, 0) is 116 Å². The van der Waals surface area contributed by atoms with Crippen LogP contribution in [0.5, 0.6) is 0 Å². The second-order valence-corrected chi connectivity index (χ2v) is 11.3. The summed E-state index contributed by atoms with van der Waals surface area (Å²) in [5.41, 5.74) is 0.176. The number of rotatable bonds is 6. The van der Waals surface area contributed by atoms with E-state index in [-0.39, 0.29) is 77.3 Å². The van der Waals surface area contributed by atoms with Crippen LogP contribution in [0.25, 0.3) is 0 Å². The summed E-state index contributed by atoms with van der Waals surface area (Å²) in [5.74, 6) is -8.13. The van der Waals surface area contributed by atoms with Crippen molar-refractivity contribution < 1.29 is 30.7 Å². The van der Waals surface area contributed by atoms with Crippen molar-refractivity contribution >= 4 is 0 Å². The van der Waals surface area contributed by atoms with Gasteiger partial charge < -0.3 is 0 Å². The highest BCUT2D eigenvalue weighted by Crippen LogP contribution is 2.45. The molecule has 0 aliphatic heterocycles. The van der Waals surface area contributed by atoms with Crippen LogP contribution in [0.4, 0.5) is 30.7 Å². The molecule has 5 rings (SSSR count). The Bertz CT molecular complexity index is 1520. The number of benzene rings is 3. The summed E-state index contributed by atoms with van der Waals surface area (Å²) in [6.07, 6.45) is 3.12. The van der Waals surface area contributed by atoms with Gasteiger partial charge in [-0.15, -0.1) is 0 Å². The Morgan fingerprint density at radius 2 is 1.34 bits per heavy atom. The van der Waals surface area contributed by atoms with Crippen molar-refractivity contribution in [3.8, 4) is 6.07 Å². The Morgan fingerprint density at radius 1 is 0.683 bits per heavy atom. The van der Waals surface area contributed by atoms with Gasteiger partial charge in [-0.3, -0.25) is 0 Å². The molecule has 1 fully saturated rings. The standard InChI is InChI=1S/C33H30F7N/c1-2-18-6-11-21(28(35)27(18)34)5-3-17-4-13-24-25(15-17)32(39)33(40)26(30(24)37)20-9-7-19(8-10-20)23-14-12-22(16-41)29(36)31(23)38/h6,11-12,14,17,19-20H,2-5,7-10,13,15H2,1H3. The third-order valence-electron chi connectivity index (χ3n) is 9.11. The normalized spacial score (nSPS) is 20.5. The molecule has 2 aliphatic carbocycles. The number of aryl methyl sites for hydroxylation is 2. The lowest BCUT2D eigenvalue weighted by Crippen LogP contribution is -2.23. The second-order valence-electron chi connectivity index (χ2n) is 11.3. The van der Waals surface area contributed by atoms with Gasteiger partial charge in [0.1, 0.15) is 11.9 Å². The zero-order valence-electron chi connectivity index (χ0n) is 22.7. The zero-order chi connectivity index (χ0) is 29.4. The van der Waals surface area contributed by atoms with Gasteiger partial charge in [0, 0.05) is 5.56 Å². The van der Waals surface area contributed by atoms with E-state index in [1.807, 2.05) is 0 Å². The molecule has 0 saturated heterocycles. The minimum atomic E-state index is -1.20. The molecular formula is C33H30F7N. The fourth-order valence-corrected chi connectivity index (χ4v) is 6.71. The highest BCUT2D eigenvalue weighted by Gasteiger charge is 2.35. The first kappa shape index (κ1) is 29.2. The van der Waals surface area contributed by atoms with E-state index in [1.165, 1.54) is 12.1 Å². The van der Waals surface area contributed by atoms with E-state index in [1.54, 1.807) is 25.1 Å². The van der Waals surface area contributed by atoms with Gasteiger partial charge in [-0.25, -0.2) is 30.7 Å². The Hall–Kier alpha value is -3.34. The zero-order valence-corrected chi connectivity index (χ0v) is 22.7. The summed E-state index contributed by atoms with van der Waals surface area (Å²) >= 11 is 0. The molecule has 0 heterocycles. The molecule has 2 aliphatic rings. The van der Waals surface area contributed by atoms with Crippen LogP contribution in [-0.2, 0) is 25.7 Å². The predicted octanol–water partition coefficient (Wildman–Crippen LogP) is 9.27. The average Bonchev–Trinajstić information content (AvgIpc) is 2.98. The summed E-state index contributed by atoms with van der Waals surface area (Å²) in [7, 11) is 0. The van der Waals surface area contributed by atoms with E-state index in [0.717, 1.165) is 0 Å². The highest BCUT2D eigenvalue weighted by atomic mass is 19.2. The molecule has 1 saturated carbocycles. The number of hydrogen-bond donors (Lipinski definition) is 0. The second kappa shape index (κ2) is 11.9. The van der Waals surface area contributed by atoms with Gasteiger partial charge in [0.05, 0.1) is 5.56 Å². The number of fused-ring (bicyclic) bond motifs is 1. The quantitative estimate of drug-likeness (QED) is 0.213. The lowest BCUT2D eigenvalue weighted by atomic mass is 9.73. The Labute approximate surface area is 235 Å². The topological polar surface area (TPSA) is 23.8 Å². The maximum Gasteiger partial charge on any atom is 0.176 e. The van der Waals surface area contributed by atoms with Gasteiger partial charge >= 0.3 is 0 Å². The molecule has 1 nitrogen and oxygen atoms in total. The Kier molecular flexibility index (Phi) is 8.45. The minimum absolute atomic E-state index is 0.0109. The summed E-state index contributed by atoms with van der Waals surface area (Å²) in [4.78, 5) is 0. The molecule has 0 N–H and O–H groups in total. The van der Waals surface area contributed by atoms with Crippen molar-refractivity contribution in [2.24, 2.45) is 5.92 Å². The van der Waals surface area contributed by atoms with Crippen LogP contribution in [0, 0.1) is 58.0 Å². The first-order valence-electron chi connectivity index (χ1n) is 14.2. The lowest BCUT2D eigenvalue weighted by Gasteiger charge is -2.32. The van der Waals surface area contributed by atoms with Crippen LogP contribution in [0.1, 0.15) is 96.2 Å². The third-order valence-corrected chi connectivity index (χ3v) is 9.11. The van der Waals surface area contributed by atoms with E-state index < -0.39 is 46.6 Å². The maximum atomic E-state index is 15.7. The van der Waals surface area contributed by atoms with Crippen LogP contribution in [0.3, 0.4) is 0 Å². The molecule has 0 spiro atoms. The first-order chi connectivity index (χ1) is 19.7. The van der Waals surface area contributed by atoms with E-state index >= 15 is 13.2 Å². The van der Waals surface area contributed by atoms with Crippen molar-refractivity contribution in [2.45, 2.75) is 83.0 Å². The summed E-state index contributed by atoms with van der Waals surface area (Å²) < 4.78 is 104. The van der Waals surface area contributed by atoms with Gasteiger partial charge in [-0.1, -0.05) is 25.1 Å². The summed E-state index contributed by atoms with van der Waals surface area (Å²) in [6.45, 7) is 1.74. The Morgan fingerprint density at radius 3 is 2.02 bits per heavy atom. The first-order valence-corrected chi connectivity index (χ1v) is 14.2. The SMILES string of the molecule is CCc1ccc(CCC2CCc3c(F)c(C4CCC(c5ccc(C#N)c(F)c5F)CC4)c(F)c(F)c3C2)c(F)c1F. The molecule has 216 valence electrons. The molecule has 3 aromatic rings. The van der Waals surface area contributed by atoms with Crippen molar-refractivity contribution in [1.82, 2.24) is 0 Å². The van der Waals surface area contributed by atoms with Crippen molar-refractivity contribution in [3.05, 3.63) is 104 Å². The van der Waals surface area contributed by atoms with Crippen LogP contribution in [-0.4, -0.2) is 0 Å². The number of halogens is 7. The van der Waals surface area contributed by atoms with Gasteiger partial charge in [0.15, 0.2) is 34.9 Å². The minimum Gasteiger partial charge on any atom is -0.206 e. The van der Waals surface area contributed by atoms with Crippen molar-refractivity contribution in [2.75, 3.05) is 0 Å². The molecule has 0 amide bonds. The molecule has 3 aromatic carbocycles. The van der Waals surface area contributed by atoms with E-state index in [9.17, 15) is 17.6 Å². The molecular weight excluding hydrogens is 543 g/mol. The van der Waals surface area contributed by atoms with Crippen LogP contribution in [0.15, 0.2) is 24.3 Å². The molecule has 1 atom stereocenters. The van der Waals surface area contributed by atoms with Gasteiger partial charge in [-0.2, -0.15) is 5.26 Å². The largest absolute Gasteiger partial charge is 0.206 e. The number of nitriles is 1. The van der Waals surface area contributed by atoms with E-state index in [0.29, 0.717) is 37.7 Å². The van der Waals surface area contributed by atoms with Crippen LogP contribution >= 0.6 is 0 Å². The fourth-order valence-electron chi connectivity index (χ4n) is 6.71. The Balaban J connectivity index is 1.29.